The number of carbonyl (C=O) groups is 1. The number of nitrogens with two attached hydrogens (primary N) is 1. The maximum absolute atomic E-state index is 13.9. The van der Waals surface area contributed by atoms with Crippen LogP contribution in [0.4, 0.5) is 10.1 Å². The van der Waals surface area contributed by atoms with Crippen LogP contribution in [0.15, 0.2) is 48.9 Å². The van der Waals surface area contributed by atoms with Crippen LogP contribution in [0.5, 0.6) is 0 Å². The van der Waals surface area contributed by atoms with Crippen molar-refractivity contribution in [2.24, 2.45) is 5.73 Å². The number of nitrogens with zero attached hydrogens (tertiary/aromatic N) is 4. The Morgan fingerprint density at radius 1 is 1.24 bits per heavy atom. The van der Waals surface area contributed by atoms with Crippen molar-refractivity contribution in [1.29, 1.82) is 0 Å². The molecule has 1 aliphatic heterocycles. The van der Waals surface area contributed by atoms with E-state index in [0.717, 1.165) is 17.1 Å². The number of pyridine rings is 1. The third-order valence-corrected chi connectivity index (χ3v) is 4.47. The third-order valence-electron chi connectivity index (χ3n) is 4.47. The second-order valence-electron chi connectivity index (χ2n) is 5.97. The van der Waals surface area contributed by atoms with Crippen LogP contribution < -0.4 is 10.6 Å². The molecule has 0 saturated carbocycles. The van der Waals surface area contributed by atoms with Crippen LogP contribution in [0.1, 0.15) is 34.8 Å². The summed E-state index contributed by atoms with van der Waals surface area (Å²) >= 11 is 0. The van der Waals surface area contributed by atoms with Crippen LogP contribution >= 0.6 is 0 Å². The standard InChI is InChI=1S/C18H16FN5O/c1-11-17-16(18(20)25)22-10-24(17)14-6-5-12(19)8-15(14)23(11)9-13-4-2-3-7-21-13/h2-8,10-11H,9H2,1H3,(H2,20,25). The van der Waals surface area contributed by atoms with Gasteiger partial charge >= 0.3 is 0 Å². The minimum absolute atomic E-state index is 0.221. The summed E-state index contributed by atoms with van der Waals surface area (Å²) in [6.07, 6.45) is 3.27. The number of hydrogen-bond donors (Lipinski definition) is 1. The first-order valence-electron chi connectivity index (χ1n) is 7.90. The summed E-state index contributed by atoms with van der Waals surface area (Å²) in [5.74, 6) is -0.903. The molecule has 4 rings (SSSR count). The van der Waals surface area contributed by atoms with Gasteiger partial charge in [-0.25, -0.2) is 9.37 Å². The van der Waals surface area contributed by atoms with Gasteiger partial charge in [-0.05, 0) is 37.3 Å². The summed E-state index contributed by atoms with van der Waals surface area (Å²) in [4.78, 5) is 22.3. The first kappa shape index (κ1) is 15.3. The minimum atomic E-state index is -0.580. The second kappa shape index (κ2) is 5.70. The van der Waals surface area contributed by atoms with Crippen molar-refractivity contribution in [1.82, 2.24) is 14.5 Å². The lowest BCUT2D eigenvalue weighted by atomic mass is 10.0. The fourth-order valence-electron chi connectivity index (χ4n) is 3.31. The Kier molecular flexibility index (Phi) is 3.49. The Morgan fingerprint density at radius 2 is 2.08 bits per heavy atom. The molecule has 0 aliphatic carbocycles. The molecule has 0 bridgehead atoms. The van der Waals surface area contributed by atoms with E-state index < -0.39 is 5.91 Å². The van der Waals surface area contributed by atoms with E-state index in [1.54, 1.807) is 23.2 Å². The molecular weight excluding hydrogens is 321 g/mol. The first-order chi connectivity index (χ1) is 12.1. The highest BCUT2D eigenvalue weighted by Gasteiger charge is 2.33. The molecule has 0 spiro atoms. The lowest BCUT2D eigenvalue weighted by Crippen LogP contribution is -2.34. The van der Waals surface area contributed by atoms with E-state index in [0.29, 0.717) is 12.2 Å². The van der Waals surface area contributed by atoms with Crippen LogP contribution in [-0.2, 0) is 6.54 Å². The lowest BCUT2D eigenvalue weighted by molar-refractivity contribution is 0.0994. The molecule has 3 heterocycles. The topological polar surface area (TPSA) is 77.0 Å². The number of benzene rings is 1. The molecule has 1 aromatic carbocycles. The molecule has 0 saturated heterocycles. The Labute approximate surface area is 143 Å². The number of carbonyl (C=O) groups excluding carboxylic acids is 1. The minimum Gasteiger partial charge on any atom is -0.364 e. The summed E-state index contributed by atoms with van der Waals surface area (Å²) in [6.45, 7) is 2.42. The van der Waals surface area contributed by atoms with Crippen molar-refractivity contribution in [3.05, 3.63) is 71.8 Å². The maximum Gasteiger partial charge on any atom is 0.269 e. The van der Waals surface area contributed by atoms with Crippen LogP contribution in [-0.4, -0.2) is 20.4 Å². The fourth-order valence-corrected chi connectivity index (χ4v) is 3.31. The van der Waals surface area contributed by atoms with Gasteiger partial charge in [0.1, 0.15) is 12.1 Å². The number of imidazole rings is 1. The molecule has 0 fully saturated rings. The van der Waals surface area contributed by atoms with Gasteiger partial charge in [0.25, 0.3) is 5.91 Å². The van der Waals surface area contributed by atoms with Gasteiger partial charge in [0.15, 0.2) is 5.69 Å². The van der Waals surface area contributed by atoms with E-state index in [1.165, 1.54) is 12.1 Å². The smallest absolute Gasteiger partial charge is 0.269 e. The first-order valence-corrected chi connectivity index (χ1v) is 7.90. The van der Waals surface area contributed by atoms with E-state index in [4.69, 9.17) is 5.73 Å². The van der Waals surface area contributed by atoms with Gasteiger partial charge in [0.2, 0.25) is 0 Å². The van der Waals surface area contributed by atoms with Gasteiger partial charge in [-0.1, -0.05) is 6.07 Å². The highest BCUT2D eigenvalue weighted by atomic mass is 19.1. The summed E-state index contributed by atoms with van der Waals surface area (Å²) in [5, 5.41) is 0. The fraction of sp³-hybridized carbons (Fsp3) is 0.167. The number of anilines is 1. The van der Waals surface area contributed by atoms with Gasteiger partial charge in [0, 0.05) is 6.20 Å². The molecular formula is C18H16FN5O. The van der Waals surface area contributed by atoms with Gasteiger partial charge in [-0.15, -0.1) is 0 Å². The van der Waals surface area contributed by atoms with Gasteiger partial charge < -0.3 is 10.6 Å². The number of halogens is 1. The summed E-state index contributed by atoms with van der Waals surface area (Å²) in [7, 11) is 0. The number of amides is 1. The average Bonchev–Trinajstić information content (AvgIpc) is 3.05. The van der Waals surface area contributed by atoms with Crippen LogP contribution in [0, 0.1) is 5.82 Å². The zero-order chi connectivity index (χ0) is 17.6. The number of fused-ring (bicyclic) bond motifs is 3. The van der Waals surface area contributed by atoms with Crippen molar-refractivity contribution in [3.8, 4) is 5.69 Å². The predicted octanol–water partition coefficient (Wildman–Crippen LogP) is 2.59. The number of aromatic nitrogens is 3. The largest absolute Gasteiger partial charge is 0.364 e. The maximum atomic E-state index is 13.9. The Bertz CT molecular complexity index is 953. The number of primary amides is 1. The van der Waals surface area contributed by atoms with Crippen molar-refractivity contribution < 1.29 is 9.18 Å². The SMILES string of the molecule is CC1c2c(C(N)=O)ncn2-c2ccc(F)cc2N1Cc1ccccn1. The molecule has 1 atom stereocenters. The van der Waals surface area contributed by atoms with Crippen molar-refractivity contribution in [2.45, 2.75) is 19.5 Å². The van der Waals surface area contributed by atoms with Crippen LogP contribution in [0.2, 0.25) is 0 Å². The van der Waals surface area contributed by atoms with Gasteiger partial charge in [-0.3, -0.25) is 14.3 Å². The summed E-state index contributed by atoms with van der Waals surface area (Å²) < 4.78 is 15.7. The summed E-state index contributed by atoms with van der Waals surface area (Å²) in [5.41, 5.74) is 8.73. The normalized spacial score (nSPS) is 15.6. The highest BCUT2D eigenvalue weighted by molar-refractivity contribution is 5.93. The third kappa shape index (κ3) is 2.44. The van der Waals surface area contributed by atoms with E-state index in [9.17, 15) is 9.18 Å². The van der Waals surface area contributed by atoms with E-state index in [-0.39, 0.29) is 17.6 Å². The Hall–Kier alpha value is -3.22. The van der Waals surface area contributed by atoms with E-state index >= 15 is 0 Å². The highest BCUT2D eigenvalue weighted by Crippen LogP contribution is 2.40. The monoisotopic (exact) mass is 337 g/mol. The number of hydrogen-bond acceptors (Lipinski definition) is 4. The zero-order valence-electron chi connectivity index (χ0n) is 13.6. The van der Waals surface area contributed by atoms with Gasteiger partial charge in [0.05, 0.1) is 35.3 Å². The summed E-state index contributed by atoms with van der Waals surface area (Å²) in [6, 6.07) is 9.99. The molecule has 1 unspecified atom stereocenters. The molecule has 25 heavy (non-hydrogen) atoms. The van der Waals surface area contributed by atoms with Crippen molar-refractivity contribution in [3.63, 3.8) is 0 Å². The van der Waals surface area contributed by atoms with Crippen molar-refractivity contribution >= 4 is 11.6 Å². The Morgan fingerprint density at radius 3 is 2.80 bits per heavy atom. The molecule has 6 nitrogen and oxygen atoms in total. The molecule has 2 aromatic heterocycles. The predicted molar refractivity (Wildman–Crippen MR) is 90.9 cm³/mol. The molecule has 126 valence electrons. The number of rotatable bonds is 3. The van der Waals surface area contributed by atoms with E-state index in [2.05, 4.69) is 9.97 Å². The Balaban J connectivity index is 1.89. The van der Waals surface area contributed by atoms with Gasteiger partial charge in [-0.2, -0.15) is 0 Å². The quantitative estimate of drug-likeness (QED) is 0.797. The molecule has 2 N–H and O–H groups in total. The van der Waals surface area contributed by atoms with Crippen molar-refractivity contribution in [2.75, 3.05) is 4.90 Å². The van der Waals surface area contributed by atoms with Crippen LogP contribution in [0.25, 0.3) is 5.69 Å². The molecule has 0 radical (unpaired) electrons. The lowest BCUT2D eigenvalue weighted by Gasteiger charge is -2.37. The molecule has 1 aliphatic rings. The average molecular weight is 337 g/mol. The molecule has 7 heteroatoms. The zero-order valence-corrected chi connectivity index (χ0v) is 13.6. The molecule has 1 amide bonds. The van der Waals surface area contributed by atoms with Crippen LogP contribution in [0.3, 0.4) is 0 Å². The van der Waals surface area contributed by atoms with E-state index in [1.807, 2.05) is 30.0 Å². The molecule has 3 aromatic rings. The second-order valence-corrected chi connectivity index (χ2v) is 5.97.